The second kappa shape index (κ2) is 3.14. The van der Waals surface area contributed by atoms with Crippen LogP contribution in [0.5, 0.6) is 0 Å². The number of anilines is 1. The van der Waals surface area contributed by atoms with E-state index in [4.69, 9.17) is 0 Å². The molecule has 0 atom stereocenters. The van der Waals surface area contributed by atoms with Gasteiger partial charge in [0, 0.05) is 12.4 Å². The molecule has 0 aliphatic heterocycles. The molecule has 1 rings (SSSR count). The second-order valence-electron chi connectivity index (χ2n) is 1.65. The fraction of sp³-hybridized carbons (Fsp3) is 0.167. The molecule has 0 aliphatic carbocycles. The monoisotopic (exact) mass is 139 g/mol. The summed E-state index contributed by atoms with van der Waals surface area (Å²) in [6.07, 6.45) is 3.05. The van der Waals surface area contributed by atoms with E-state index in [9.17, 15) is 5.21 Å². The minimum absolute atomic E-state index is 0.418. The number of rotatable bonds is 2. The zero-order chi connectivity index (χ0) is 7.40. The highest BCUT2D eigenvalue weighted by atomic mass is 16.9. The van der Waals surface area contributed by atoms with Gasteiger partial charge in [-0.05, 0) is 12.1 Å². The van der Waals surface area contributed by atoms with Crippen molar-refractivity contribution in [3.05, 3.63) is 29.7 Å². The van der Waals surface area contributed by atoms with E-state index in [1.165, 1.54) is 19.5 Å². The van der Waals surface area contributed by atoms with Crippen LogP contribution >= 0.6 is 0 Å². The minimum atomic E-state index is 0.418. The van der Waals surface area contributed by atoms with Gasteiger partial charge in [0.1, 0.15) is 0 Å². The van der Waals surface area contributed by atoms with Crippen LogP contribution in [0.1, 0.15) is 0 Å². The Hall–Kier alpha value is -1.13. The maximum Gasteiger partial charge on any atom is 0.0629 e. The van der Waals surface area contributed by atoms with Gasteiger partial charge in [0.15, 0.2) is 0 Å². The summed E-state index contributed by atoms with van der Waals surface area (Å²) in [4.78, 5) is 8.13. The molecule has 0 aliphatic rings. The molecule has 0 saturated carbocycles. The molecular formula is C6H7N2O2-. The van der Waals surface area contributed by atoms with Crippen LogP contribution in [-0.4, -0.2) is 12.1 Å². The largest absolute Gasteiger partial charge is 0.733 e. The molecule has 0 fully saturated rings. The maximum atomic E-state index is 10.7. The average molecular weight is 139 g/mol. The number of hydrogen-bond donors (Lipinski definition) is 0. The molecule has 0 unspecified atom stereocenters. The summed E-state index contributed by atoms with van der Waals surface area (Å²) in [7, 11) is 1.31. The summed E-state index contributed by atoms with van der Waals surface area (Å²) < 4.78 is 0. The van der Waals surface area contributed by atoms with Gasteiger partial charge in [-0.3, -0.25) is 9.82 Å². The van der Waals surface area contributed by atoms with E-state index in [1.54, 1.807) is 12.1 Å². The molecule has 10 heavy (non-hydrogen) atoms. The summed E-state index contributed by atoms with van der Waals surface area (Å²) in [5.41, 5.74) is 0.442. The maximum absolute atomic E-state index is 10.7. The minimum Gasteiger partial charge on any atom is -0.733 e. The van der Waals surface area contributed by atoms with Gasteiger partial charge in [-0.25, -0.2) is 0 Å². The molecule has 0 spiro atoms. The summed E-state index contributed by atoms with van der Waals surface area (Å²) in [5.74, 6) is 0. The molecule has 4 nitrogen and oxygen atoms in total. The van der Waals surface area contributed by atoms with Crippen LogP contribution in [0, 0.1) is 5.21 Å². The van der Waals surface area contributed by atoms with Crippen LogP contribution in [0.4, 0.5) is 5.69 Å². The number of aromatic nitrogens is 1. The van der Waals surface area contributed by atoms with Gasteiger partial charge in [0.2, 0.25) is 0 Å². The molecule has 0 saturated heterocycles. The average Bonchev–Trinajstić information content (AvgIpc) is 2.05. The van der Waals surface area contributed by atoms with Crippen molar-refractivity contribution < 1.29 is 4.84 Å². The van der Waals surface area contributed by atoms with Crippen molar-refractivity contribution >= 4 is 5.69 Å². The quantitative estimate of drug-likeness (QED) is 0.572. The third-order valence-corrected chi connectivity index (χ3v) is 1.04. The Labute approximate surface area is 58.6 Å². The van der Waals surface area contributed by atoms with Gasteiger partial charge < -0.3 is 10.4 Å². The van der Waals surface area contributed by atoms with E-state index in [0.29, 0.717) is 10.9 Å². The highest BCUT2D eigenvalue weighted by Crippen LogP contribution is 2.08. The zero-order valence-electron chi connectivity index (χ0n) is 5.52. The van der Waals surface area contributed by atoms with Crippen LogP contribution in [0.25, 0.3) is 0 Å². The van der Waals surface area contributed by atoms with E-state index >= 15 is 0 Å². The van der Waals surface area contributed by atoms with Gasteiger partial charge in [-0.1, -0.05) is 0 Å². The van der Waals surface area contributed by atoms with Crippen molar-refractivity contribution in [3.63, 3.8) is 0 Å². The summed E-state index contributed by atoms with van der Waals surface area (Å²) in [6.45, 7) is 0. The van der Waals surface area contributed by atoms with Gasteiger partial charge in [0.05, 0.1) is 12.8 Å². The lowest BCUT2D eigenvalue weighted by Crippen LogP contribution is -2.11. The predicted molar refractivity (Wildman–Crippen MR) is 37.1 cm³/mol. The van der Waals surface area contributed by atoms with Gasteiger partial charge in [0.25, 0.3) is 0 Å². The van der Waals surface area contributed by atoms with Gasteiger partial charge >= 0.3 is 0 Å². The Morgan fingerprint density at radius 3 is 2.60 bits per heavy atom. The Balaban J connectivity index is 2.75. The van der Waals surface area contributed by atoms with Crippen LogP contribution in [0.15, 0.2) is 24.5 Å². The third kappa shape index (κ3) is 1.43. The first-order valence-corrected chi connectivity index (χ1v) is 2.76. The van der Waals surface area contributed by atoms with E-state index < -0.39 is 0 Å². The van der Waals surface area contributed by atoms with E-state index in [2.05, 4.69) is 9.82 Å². The van der Waals surface area contributed by atoms with Gasteiger partial charge in [-0.2, -0.15) is 0 Å². The van der Waals surface area contributed by atoms with Crippen molar-refractivity contribution in [1.29, 1.82) is 0 Å². The fourth-order valence-electron chi connectivity index (χ4n) is 0.571. The van der Waals surface area contributed by atoms with Crippen molar-refractivity contribution in [2.75, 3.05) is 12.3 Å². The van der Waals surface area contributed by atoms with Crippen molar-refractivity contribution in [3.8, 4) is 0 Å². The molecule has 0 amide bonds. The van der Waals surface area contributed by atoms with Crippen LogP contribution in [0.2, 0.25) is 0 Å². The standard InChI is InChI=1S/C6H7N2O2/c1-10-8(9)6-2-4-7-5-3-6/h2-5H,1H3/q-1. The normalized spacial score (nSPS) is 9.40. The van der Waals surface area contributed by atoms with Crippen molar-refractivity contribution in [1.82, 2.24) is 4.98 Å². The number of pyridine rings is 1. The Bertz CT molecular complexity index is 190. The number of nitrogens with zero attached hydrogens (tertiary/aromatic N) is 2. The van der Waals surface area contributed by atoms with E-state index in [0.717, 1.165) is 0 Å². The van der Waals surface area contributed by atoms with E-state index in [1.807, 2.05) is 0 Å². The molecule has 0 bridgehead atoms. The summed E-state index contributed by atoms with van der Waals surface area (Å²) >= 11 is 0. The highest BCUT2D eigenvalue weighted by Gasteiger charge is 1.88. The lowest BCUT2D eigenvalue weighted by atomic mass is 10.4. The number of hydrogen-bond acceptors (Lipinski definition) is 4. The van der Waals surface area contributed by atoms with Crippen LogP contribution < -0.4 is 5.23 Å². The Morgan fingerprint density at radius 2 is 2.10 bits per heavy atom. The Morgan fingerprint density at radius 1 is 1.50 bits per heavy atom. The topological polar surface area (TPSA) is 48.4 Å². The third-order valence-electron chi connectivity index (χ3n) is 1.04. The molecule has 1 heterocycles. The second-order valence-corrected chi connectivity index (χ2v) is 1.65. The summed E-state index contributed by atoms with van der Waals surface area (Å²) in [5, 5.41) is 11.1. The molecule has 1 aromatic heterocycles. The molecule has 4 heteroatoms. The zero-order valence-corrected chi connectivity index (χ0v) is 5.52. The molecule has 1 aromatic rings. The molecule has 0 N–H and O–H groups in total. The Kier molecular flexibility index (Phi) is 2.20. The van der Waals surface area contributed by atoms with Gasteiger partial charge in [-0.15, -0.1) is 0 Å². The molecule has 0 radical (unpaired) electrons. The smallest absolute Gasteiger partial charge is 0.0629 e. The summed E-state index contributed by atoms with van der Waals surface area (Å²) in [6, 6.07) is 3.13. The van der Waals surface area contributed by atoms with Crippen molar-refractivity contribution in [2.45, 2.75) is 0 Å². The first kappa shape index (κ1) is 6.98. The molecule has 0 aromatic carbocycles. The molecule has 54 valence electrons. The first-order valence-electron chi connectivity index (χ1n) is 2.76. The first-order chi connectivity index (χ1) is 4.84. The predicted octanol–water partition coefficient (Wildman–Crippen LogP) is 0.947. The SMILES string of the molecule is CON([O-])c1ccncc1. The van der Waals surface area contributed by atoms with Crippen LogP contribution in [0.3, 0.4) is 0 Å². The lowest BCUT2D eigenvalue weighted by Gasteiger charge is -2.26. The fourth-order valence-corrected chi connectivity index (χ4v) is 0.571. The van der Waals surface area contributed by atoms with Crippen LogP contribution in [-0.2, 0) is 4.84 Å². The van der Waals surface area contributed by atoms with Crippen molar-refractivity contribution in [2.24, 2.45) is 0 Å². The molecular weight excluding hydrogens is 132 g/mol. The highest BCUT2D eigenvalue weighted by molar-refractivity contribution is 5.42. The lowest BCUT2D eigenvalue weighted by molar-refractivity contribution is 0.198. The van der Waals surface area contributed by atoms with E-state index in [-0.39, 0.29) is 0 Å².